The number of ether oxygens (including phenoxy) is 2. The predicted molar refractivity (Wildman–Crippen MR) is 146 cm³/mol. The molecule has 0 unspecified atom stereocenters. The summed E-state index contributed by atoms with van der Waals surface area (Å²) in [6, 6.07) is 9.74. The molecule has 6 nitrogen and oxygen atoms in total. The van der Waals surface area contributed by atoms with E-state index in [4.69, 9.17) is 9.47 Å². The van der Waals surface area contributed by atoms with E-state index in [1.54, 1.807) is 20.1 Å². The molecule has 2 aliphatic rings. The standard InChI is InChI=1S/C30H38F2N4O2/c1-18-23(12-7-13-25(18)30(4,31)32)19(2)33-29-24-15-28(27(37-5)16-26(24)34-20(3)35-29)38-17-22-11-8-14-36(22)21-9-6-10-21/h7,12-13,15-16,19,21-22H,6,8-11,14,17H2,1-5H3,(H,33,34,35)/t19-,22+/m1/s1. The second-order valence-corrected chi connectivity index (χ2v) is 10.8. The van der Waals surface area contributed by atoms with Gasteiger partial charge in [-0.1, -0.05) is 24.6 Å². The summed E-state index contributed by atoms with van der Waals surface area (Å²) >= 11 is 0. The number of hydrogen-bond acceptors (Lipinski definition) is 6. The van der Waals surface area contributed by atoms with Crippen LogP contribution in [0.15, 0.2) is 30.3 Å². The lowest BCUT2D eigenvalue weighted by Crippen LogP contribution is -2.45. The van der Waals surface area contributed by atoms with Gasteiger partial charge in [-0.3, -0.25) is 4.90 Å². The van der Waals surface area contributed by atoms with E-state index in [9.17, 15) is 8.78 Å². The van der Waals surface area contributed by atoms with Crippen LogP contribution in [0.5, 0.6) is 11.5 Å². The summed E-state index contributed by atoms with van der Waals surface area (Å²) in [5.74, 6) is -0.369. The zero-order valence-corrected chi connectivity index (χ0v) is 23.0. The number of likely N-dealkylation sites (tertiary alicyclic amines) is 1. The summed E-state index contributed by atoms with van der Waals surface area (Å²) in [6.07, 6.45) is 6.26. The maximum Gasteiger partial charge on any atom is 0.270 e. The molecule has 2 fully saturated rings. The van der Waals surface area contributed by atoms with Gasteiger partial charge in [0, 0.05) is 36.0 Å². The zero-order chi connectivity index (χ0) is 27.0. The Kier molecular flexibility index (Phi) is 7.45. The van der Waals surface area contributed by atoms with Crippen molar-refractivity contribution in [3.05, 3.63) is 52.8 Å². The van der Waals surface area contributed by atoms with Gasteiger partial charge in [-0.2, -0.15) is 0 Å². The summed E-state index contributed by atoms with van der Waals surface area (Å²) in [5.41, 5.74) is 2.15. The van der Waals surface area contributed by atoms with E-state index in [0.717, 1.165) is 36.4 Å². The summed E-state index contributed by atoms with van der Waals surface area (Å²) < 4.78 is 40.4. The number of anilines is 1. The lowest BCUT2D eigenvalue weighted by atomic mass is 9.91. The molecule has 0 spiro atoms. The third-order valence-corrected chi connectivity index (χ3v) is 8.16. The first-order valence-electron chi connectivity index (χ1n) is 13.6. The van der Waals surface area contributed by atoms with Gasteiger partial charge in [0.15, 0.2) is 11.5 Å². The van der Waals surface area contributed by atoms with Crippen LogP contribution in [-0.2, 0) is 5.92 Å². The molecule has 5 rings (SSSR count). The molecule has 0 radical (unpaired) electrons. The van der Waals surface area contributed by atoms with Gasteiger partial charge in [0.25, 0.3) is 5.92 Å². The molecule has 2 aromatic carbocycles. The Morgan fingerprint density at radius 2 is 1.89 bits per heavy atom. The van der Waals surface area contributed by atoms with Crippen molar-refractivity contribution in [1.82, 2.24) is 14.9 Å². The molecule has 1 saturated heterocycles. The number of methoxy groups -OCH3 is 1. The Balaban J connectivity index is 1.43. The minimum absolute atomic E-state index is 0.0376. The van der Waals surface area contributed by atoms with Crippen LogP contribution >= 0.6 is 0 Å². The number of aromatic nitrogens is 2. The number of nitrogens with zero attached hydrogens (tertiary/aromatic N) is 3. The van der Waals surface area contributed by atoms with Crippen molar-refractivity contribution in [2.24, 2.45) is 0 Å². The van der Waals surface area contributed by atoms with Gasteiger partial charge in [0.05, 0.1) is 18.7 Å². The summed E-state index contributed by atoms with van der Waals surface area (Å²) in [5, 5.41) is 4.26. The van der Waals surface area contributed by atoms with Crippen molar-refractivity contribution in [2.45, 2.75) is 83.8 Å². The normalized spacial score (nSPS) is 19.4. The van der Waals surface area contributed by atoms with E-state index in [1.165, 1.54) is 31.7 Å². The van der Waals surface area contributed by atoms with E-state index in [1.807, 2.05) is 32.0 Å². The number of fused-ring (bicyclic) bond motifs is 1. The predicted octanol–water partition coefficient (Wildman–Crippen LogP) is 6.94. The largest absolute Gasteiger partial charge is 0.493 e. The maximum atomic E-state index is 14.2. The van der Waals surface area contributed by atoms with E-state index in [-0.39, 0.29) is 11.6 Å². The molecule has 2 heterocycles. The van der Waals surface area contributed by atoms with Crippen LogP contribution in [0.25, 0.3) is 10.9 Å². The molecule has 8 heteroatoms. The van der Waals surface area contributed by atoms with Gasteiger partial charge in [0.1, 0.15) is 18.2 Å². The van der Waals surface area contributed by atoms with Crippen LogP contribution in [0.3, 0.4) is 0 Å². The Labute approximate surface area is 223 Å². The van der Waals surface area contributed by atoms with Crippen molar-refractivity contribution < 1.29 is 18.3 Å². The van der Waals surface area contributed by atoms with Crippen LogP contribution in [0.1, 0.15) is 74.5 Å². The van der Waals surface area contributed by atoms with Gasteiger partial charge in [0.2, 0.25) is 0 Å². The fraction of sp³-hybridized carbons (Fsp3) is 0.533. The van der Waals surface area contributed by atoms with Crippen molar-refractivity contribution in [1.29, 1.82) is 0 Å². The molecular weight excluding hydrogens is 486 g/mol. The summed E-state index contributed by atoms with van der Waals surface area (Å²) in [4.78, 5) is 11.9. The first-order valence-corrected chi connectivity index (χ1v) is 13.6. The quantitative estimate of drug-likeness (QED) is 0.327. The number of nitrogens with one attached hydrogen (secondary N) is 1. The maximum absolute atomic E-state index is 14.2. The third kappa shape index (κ3) is 5.28. The number of alkyl halides is 2. The number of hydrogen-bond donors (Lipinski definition) is 1. The van der Waals surface area contributed by atoms with E-state index >= 15 is 0 Å². The summed E-state index contributed by atoms with van der Waals surface area (Å²) in [7, 11) is 1.64. The molecule has 0 bridgehead atoms. The zero-order valence-electron chi connectivity index (χ0n) is 23.0. The number of halogens is 2. The minimum Gasteiger partial charge on any atom is -0.493 e. The Bertz CT molecular complexity index is 1310. The van der Waals surface area contributed by atoms with E-state index in [2.05, 4.69) is 20.2 Å². The second-order valence-electron chi connectivity index (χ2n) is 10.8. The highest BCUT2D eigenvalue weighted by Crippen LogP contribution is 2.38. The lowest BCUT2D eigenvalue weighted by Gasteiger charge is -2.38. The van der Waals surface area contributed by atoms with Crippen molar-refractivity contribution >= 4 is 16.7 Å². The average molecular weight is 525 g/mol. The van der Waals surface area contributed by atoms with Crippen molar-refractivity contribution in [3.63, 3.8) is 0 Å². The van der Waals surface area contributed by atoms with Crippen LogP contribution < -0.4 is 14.8 Å². The number of rotatable bonds is 9. The van der Waals surface area contributed by atoms with Gasteiger partial charge < -0.3 is 14.8 Å². The molecule has 204 valence electrons. The van der Waals surface area contributed by atoms with Crippen LogP contribution in [0.2, 0.25) is 0 Å². The smallest absolute Gasteiger partial charge is 0.270 e. The fourth-order valence-electron chi connectivity index (χ4n) is 5.94. The molecule has 1 aromatic heterocycles. The molecule has 1 aliphatic carbocycles. The lowest BCUT2D eigenvalue weighted by molar-refractivity contribution is 0.0167. The fourth-order valence-corrected chi connectivity index (χ4v) is 5.94. The summed E-state index contributed by atoms with van der Waals surface area (Å²) in [6.45, 7) is 8.24. The Hall–Kier alpha value is -3.00. The third-order valence-electron chi connectivity index (χ3n) is 8.16. The Morgan fingerprint density at radius 3 is 2.58 bits per heavy atom. The Morgan fingerprint density at radius 1 is 1.11 bits per heavy atom. The minimum atomic E-state index is -2.91. The first-order chi connectivity index (χ1) is 18.2. The van der Waals surface area contributed by atoms with E-state index in [0.29, 0.717) is 47.4 Å². The molecule has 2 atom stereocenters. The van der Waals surface area contributed by atoms with Crippen molar-refractivity contribution in [2.75, 3.05) is 25.6 Å². The van der Waals surface area contributed by atoms with Gasteiger partial charge in [-0.05, 0) is 70.2 Å². The molecule has 1 aliphatic heterocycles. The average Bonchev–Trinajstić information content (AvgIpc) is 3.28. The molecule has 3 aromatic rings. The van der Waals surface area contributed by atoms with Crippen molar-refractivity contribution in [3.8, 4) is 11.5 Å². The number of aryl methyl sites for hydroxylation is 1. The van der Waals surface area contributed by atoms with Gasteiger partial charge in [-0.15, -0.1) is 0 Å². The SMILES string of the molecule is COc1cc2nc(C)nc(N[C@H](C)c3cccc(C(C)(F)F)c3C)c2cc1OC[C@@H]1CCCN1C1CCC1. The first kappa shape index (κ1) is 26.6. The van der Waals surface area contributed by atoms with Gasteiger partial charge in [-0.25, -0.2) is 18.7 Å². The molecule has 38 heavy (non-hydrogen) atoms. The molecule has 0 amide bonds. The topological polar surface area (TPSA) is 59.5 Å². The van der Waals surface area contributed by atoms with E-state index < -0.39 is 5.92 Å². The monoisotopic (exact) mass is 524 g/mol. The molecule has 1 N–H and O–H groups in total. The van der Waals surface area contributed by atoms with Gasteiger partial charge >= 0.3 is 0 Å². The molecular formula is C30H38F2N4O2. The second kappa shape index (κ2) is 10.6. The number of benzene rings is 2. The van der Waals surface area contributed by atoms with Crippen LogP contribution in [0, 0.1) is 13.8 Å². The highest BCUT2D eigenvalue weighted by molar-refractivity contribution is 5.92. The van der Waals surface area contributed by atoms with Crippen LogP contribution in [-0.4, -0.2) is 47.2 Å². The van der Waals surface area contributed by atoms with Crippen LogP contribution in [0.4, 0.5) is 14.6 Å². The highest BCUT2D eigenvalue weighted by Gasteiger charge is 2.34. The molecule has 1 saturated carbocycles. The highest BCUT2D eigenvalue weighted by atomic mass is 19.3.